The van der Waals surface area contributed by atoms with Crippen molar-refractivity contribution in [3.8, 4) is 0 Å². The van der Waals surface area contributed by atoms with E-state index in [2.05, 4.69) is 20.5 Å². The second-order valence-electron chi connectivity index (χ2n) is 7.34. The van der Waals surface area contributed by atoms with Gasteiger partial charge in [0.25, 0.3) is 0 Å². The molecule has 0 aliphatic carbocycles. The van der Waals surface area contributed by atoms with Crippen LogP contribution in [0.2, 0.25) is 0 Å². The molecular weight excluding hydrogens is 296 g/mol. The minimum absolute atomic E-state index is 0.0447. The quantitative estimate of drug-likeness (QED) is 0.856. The first-order valence-corrected chi connectivity index (χ1v) is 8.06. The van der Waals surface area contributed by atoms with Gasteiger partial charge in [0.15, 0.2) is 0 Å². The Morgan fingerprint density at radius 2 is 2.00 bits per heavy atom. The summed E-state index contributed by atoms with van der Waals surface area (Å²) in [4.78, 5) is 12.7. The number of hydrogen-bond donors (Lipinski definition) is 2. The maximum atomic E-state index is 12.7. The highest BCUT2D eigenvalue weighted by Crippen LogP contribution is 2.26. The molecule has 0 spiro atoms. The summed E-state index contributed by atoms with van der Waals surface area (Å²) in [6.07, 6.45) is 2.23. The molecule has 1 amide bonds. The van der Waals surface area contributed by atoms with Crippen LogP contribution in [0.1, 0.15) is 46.2 Å². The number of carbonyl (C=O) groups excluding carboxylic acids is 1. The van der Waals surface area contributed by atoms with Crippen molar-refractivity contribution >= 4 is 11.8 Å². The summed E-state index contributed by atoms with van der Waals surface area (Å²) in [5, 5.41) is 20.3. The van der Waals surface area contributed by atoms with E-state index in [1.54, 1.807) is 6.07 Å². The summed E-state index contributed by atoms with van der Waals surface area (Å²) in [5.74, 6) is 0.162. The number of aliphatic hydroxyl groups excluding tert-OH is 1. The van der Waals surface area contributed by atoms with E-state index < -0.39 is 11.0 Å². The SMILES string of the molecule is CN1CCCCN1C(C)(C)C(=O)Nc1cc(C(C)(C)CO)no1. The summed E-state index contributed by atoms with van der Waals surface area (Å²) in [7, 11) is 2.00. The van der Waals surface area contributed by atoms with Crippen molar-refractivity contribution in [1.29, 1.82) is 0 Å². The van der Waals surface area contributed by atoms with E-state index in [1.807, 2.05) is 34.7 Å². The zero-order valence-electron chi connectivity index (χ0n) is 14.7. The molecule has 1 aliphatic heterocycles. The first-order valence-electron chi connectivity index (χ1n) is 8.06. The Bertz CT molecular complexity index is 553. The van der Waals surface area contributed by atoms with Gasteiger partial charge in [-0.1, -0.05) is 19.0 Å². The first kappa shape index (κ1) is 17.9. The number of amides is 1. The molecule has 23 heavy (non-hydrogen) atoms. The van der Waals surface area contributed by atoms with Gasteiger partial charge in [0.2, 0.25) is 11.8 Å². The zero-order valence-corrected chi connectivity index (χ0v) is 14.7. The fourth-order valence-electron chi connectivity index (χ4n) is 2.72. The molecule has 1 aromatic heterocycles. The van der Waals surface area contributed by atoms with Gasteiger partial charge < -0.3 is 9.63 Å². The van der Waals surface area contributed by atoms with Crippen LogP contribution >= 0.6 is 0 Å². The third-order valence-corrected chi connectivity index (χ3v) is 4.55. The summed E-state index contributed by atoms with van der Waals surface area (Å²) in [5.41, 5.74) is -0.577. The second kappa shape index (κ2) is 6.59. The predicted molar refractivity (Wildman–Crippen MR) is 87.9 cm³/mol. The highest BCUT2D eigenvalue weighted by molar-refractivity contribution is 5.96. The van der Waals surface area contributed by atoms with Gasteiger partial charge >= 0.3 is 0 Å². The van der Waals surface area contributed by atoms with Crippen LogP contribution < -0.4 is 5.32 Å². The van der Waals surface area contributed by atoms with Crippen molar-refractivity contribution in [2.75, 3.05) is 32.1 Å². The topological polar surface area (TPSA) is 81.8 Å². The second-order valence-corrected chi connectivity index (χ2v) is 7.34. The number of aromatic nitrogens is 1. The number of anilines is 1. The molecule has 7 nitrogen and oxygen atoms in total. The van der Waals surface area contributed by atoms with Gasteiger partial charge in [0, 0.05) is 31.6 Å². The number of nitrogens with zero attached hydrogens (tertiary/aromatic N) is 3. The molecule has 0 radical (unpaired) electrons. The highest BCUT2D eigenvalue weighted by atomic mass is 16.5. The van der Waals surface area contributed by atoms with Crippen molar-refractivity contribution < 1.29 is 14.4 Å². The summed E-state index contributed by atoms with van der Waals surface area (Å²) in [6, 6.07) is 1.67. The fourth-order valence-corrected chi connectivity index (χ4v) is 2.72. The Kier molecular flexibility index (Phi) is 5.13. The molecule has 130 valence electrons. The van der Waals surface area contributed by atoms with E-state index in [9.17, 15) is 9.90 Å². The van der Waals surface area contributed by atoms with Crippen LogP contribution in [0, 0.1) is 0 Å². The van der Waals surface area contributed by atoms with Crippen LogP contribution in [0.15, 0.2) is 10.6 Å². The lowest BCUT2D eigenvalue weighted by Gasteiger charge is -2.45. The van der Waals surface area contributed by atoms with Crippen LogP contribution in [-0.4, -0.2) is 58.5 Å². The van der Waals surface area contributed by atoms with Gasteiger partial charge in [-0.15, -0.1) is 0 Å². The highest BCUT2D eigenvalue weighted by Gasteiger charge is 2.38. The van der Waals surface area contributed by atoms with Crippen molar-refractivity contribution in [2.45, 2.75) is 51.5 Å². The molecule has 7 heteroatoms. The van der Waals surface area contributed by atoms with E-state index in [0.29, 0.717) is 11.6 Å². The molecule has 1 fully saturated rings. The summed E-state index contributed by atoms with van der Waals surface area (Å²) in [6.45, 7) is 9.30. The molecule has 2 rings (SSSR count). The molecule has 1 aromatic rings. The molecule has 0 saturated carbocycles. The normalized spacial score (nSPS) is 18.2. The van der Waals surface area contributed by atoms with Gasteiger partial charge in [-0.05, 0) is 26.7 Å². The standard InChI is InChI=1S/C16H28N4O3/c1-15(2,11-21)12-10-13(23-18-12)17-14(22)16(3,4)20-9-7-6-8-19(20)5/h10,21H,6-9,11H2,1-5H3,(H,17,22). The van der Waals surface area contributed by atoms with Gasteiger partial charge in [-0.3, -0.25) is 10.1 Å². The molecule has 0 unspecified atom stereocenters. The van der Waals surface area contributed by atoms with Crippen LogP contribution in [0.4, 0.5) is 5.88 Å². The lowest BCUT2D eigenvalue weighted by Crippen LogP contribution is -2.60. The predicted octanol–water partition coefficient (Wildman–Crippen LogP) is 1.60. The Balaban J connectivity index is 2.09. The molecule has 0 aromatic carbocycles. The number of nitrogens with one attached hydrogen (secondary N) is 1. The van der Waals surface area contributed by atoms with Crippen LogP contribution in [-0.2, 0) is 10.2 Å². The van der Waals surface area contributed by atoms with E-state index in [1.165, 1.54) is 0 Å². The van der Waals surface area contributed by atoms with E-state index in [4.69, 9.17) is 4.52 Å². The minimum Gasteiger partial charge on any atom is -0.395 e. The number of rotatable bonds is 5. The van der Waals surface area contributed by atoms with E-state index in [0.717, 1.165) is 25.9 Å². The van der Waals surface area contributed by atoms with Gasteiger partial charge in [-0.2, -0.15) is 0 Å². The maximum Gasteiger partial charge on any atom is 0.248 e. The third-order valence-electron chi connectivity index (χ3n) is 4.55. The Morgan fingerprint density at radius 3 is 2.61 bits per heavy atom. The average molecular weight is 324 g/mol. The number of hydrazine groups is 1. The van der Waals surface area contributed by atoms with Crippen LogP contribution in [0.3, 0.4) is 0 Å². The Morgan fingerprint density at radius 1 is 1.35 bits per heavy atom. The van der Waals surface area contributed by atoms with E-state index >= 15 is 0 Å². The summed E-state index contributed by atoms with van der Waals surface area (Å²) >= 11 is 0. The van der Waals surface area contributed by atoms with Crippen LogP contribution in [0.25, 0.3) is 0 Å². The third kappa shape index (κ3) is 3.73. The van der Waals surface area contributed by atoms with Gasteiger partial charge in [-0.25, -0.2) is 10.0 Å². The van der Waals surface area contributed by atoms with Crippen molar-refractivity contribution in [3.05, 3.63) is 11.8 Å². The first-order chi connectivity index (χ1) is 10.7. The summed E-state index contributed by atoms with van der Waals surface area (Å²) < 4.78 is 5.21. The Hall–Kier alpha value is -1.44. The lowest BCUT2D eigenvalue weighted by atomic mass is 9.91. The minimum atomic E-state index is -0.686. The van der Waals surface area contributed by atoms with E-state index in [-0.39, 0.29) is 12.5 Å². The van der Waals surface area contributed by atoms with Crippen LogP contribution in [0.5, 0.6) is 0 Å². The largest absolute Gasteiger partial charge is 0.395 e. The smallest absolute Gasteiger partial charge is 0.248 e. The van der Waals surface area contributed by atoms with Gasteiger partial charge in [0.05, 0.1) is 12.3 Å². The molecule has 2 N–H and O–H groups in total. The average Bonchev–Trinajstić information content (AvgIpc) is 2.96. The van der Waals surface area contributed by atoms with Crippen molar-refractivity contribution in [2.24, 2.45) is 0 Å². The molecule has 0 atom stereocenters. The lowest BCUT2D eigenvalue weighted by molar-refractivity contribution is -0.145. The molecule has 2 heterocycles. The fraction of sp³-hybridized carbons (Fsp3) is 0.750. The van der Waals surface area contributed by atoms with Crippen molar-refractivity contribution in [3.63, 3.8) is 0 Å². The maximum absolute atomic E-state index is 12.7. The number of aliphatic hydroxyl groups is 1. The number of hydrogen-bond acceptors (Lipinski definition) is 6. The molecule has 0 bridgehead atoms. The number of carbonyl (C=O) groups is 1. The van der Waals surface area contributed by atoms with Crippen molar-refractivity contribution in [1.82, 2.24) is 15.2 Å². The Labute approximate surface area is 137 Å². The van der Waals surface area contributed by atoms with Gasteiger partial charge in [0.1, 0.15) is 5.54 Å². The molecule has 1 saturated heterocycles. The zero-order chi connectivity index (χ0) is 17.3. The molecule has 1 aliphatic rings. The monoisotopic (exact) mass is 324 g/mol. The molecular formula is C16H28N4O3.